The van der Waals surface area contributed by atoms with Gasteiger partial charge in [-0.1, -0.05) is 19.9 Å². The summed E-state index contributed by atoms with van der Waals surface area (Å²) in [5, 5.41) is 2.75. The van der Waals surface area contributed by atoms with Gasteiger partial charge in [0.15, 0.2) is 0 Å². The zero-order chi connectivity index (χ0) is 13.8. The molecule has 0 aliphatic heterocycles. The van der Waals surface area contributed by atoms with Crippen LogP contribution >= 0.6 is 15.9 Å². The second-order valence-electron chi connectivity index (χ2n) is 4.35. The van der Waals surface area contributed by atoms with Crippen LogP contribution in [0.2, 0.25) is 0 Å². The van der Waals surface area contributed by atoms with Gasteiger partial charge in [-0.3, -0.25) is 4.79 Å². The largest absolute Gasteiger partial charge is 0.350 e. The van der Waals surface area contributed by atoms with E-state index in [4.69, 9.17) is 5.73 Å². The van der Waals surface area contributed by atoms with Crippen molar-refractivity contribution < 1.29 is 9.18 Å². The monoisotopic (exact) mass is 316 g/mol. The third-order valence-electron chi connectivity index (χ3n) is 3.21. The molecule has 0 aromatic heterocycles. The van der Waals surface area contributed by atoms with Crippen LogP contribution in [0.4, 0.5) is 4.39 Å². The van der Waals surface area contributed by atoms with Crippen molar-refractivity contribution >= 4 is 21.8 Å². The maximum Gasteiger partial charge on any atom is 0.252 e. The molecule has 1 amide bonds. The van der Waals surface area contributed by atoms with Crippen LogP contribution < -0.4 is 11.1 Å². The number of halogens is 2. The van der Waals surface area contributed by atoms with E-state index in [-0.39, 0.29) is 15.9 Å². The summed E-state index contributed by atoms with van der Waals surface area (Å²) in [6.45, 7) is 4.34. The molecule has 0 saturated heterocycles. The minimum Gasteiger partial charge on any atom is -0.350 e. The van der Waals surface area contributed by atoms with E-state index in [0.717, 1.165) is 12.8 Å². The first kappa shape index (κ1) is 15.1. The molecule has 18 heavy (non-hydrogen) atoms. The van der Waals surface area contributed by atoms with Crippen LogP contribution in [0, 0.1) is 5.82 Å². The highest BCUT2D eigenvalue weighted by molar-refractivity contribution is 9.10. The Balaban J connectivity index is 2.75. The van der Waals surface area contributed by atoms with Gasteiger partial charge >= 0.3 is 0 Å². The molecule has 3 nitrogen and oxygen atoms in total. The first-order chi connectivity index (χ1) is 8.43. The standard InChI is InChI=1S/C13H18BrFN2O/c1-3-13(16,4-2)8-17-12(18)9-6-5-7-10(15)11(9)14/h5-7H,3-4,8,16H2,1-2H3,(H,17,18). The summed E-state index contributed by atoms with van der Waals surface area (Å²) in [5.74, 6) is -0.772. The topological polar surface area (TPSA) is 55.1 Å². The number of nitrogens with two attached hydrogens (primary N) is 1. The molecule has 0 fully saturated rings. The van der Waals surface area contributed by atoms with Gasteiger partial charge in [-0.05, 0) is 40.9 Å². The fraction of sp³-hybridized carbons (Fsp3) is 0.462. The number of rotatable bonds is 5. The quantitative estimate of drug-likeness (QED) is 0.877. The second-order valence-corrected chi connectivity index (χ2v) is 5.15. The molecule has 100 valence electrons. The predicted molar refractivity (Wildman–Crippen MR) is 73.9 cm³/mol. The van der Waals surface area contributed by atoms with E-state index in [0.29, 0.717) is 6.54 Å². The van der Waals surface area contributed by atoms with Crippen LogP contribution in [0.1, 0.15) is 37.0 Å². The Morgan fingerprint density at radius 3 is 2.61 bits per heavy atom. The van der Waals surface area contributed by atoms with Gasteiger partial charge in [0.2, 0.25) is 0 Å². The van der Waals surface area contributed by atoms with Gasteiger partial charge in [-0.15, -0.1) is 0 Å². The summed E-state index contributed by atoms with van der Waals surface area (Å²) in [6, 6.07) is 4.37. The maximum absolute atomic E-state index is 13.3. The molecule has 0 aliphatic carbocycles. The van der Waals surface area contributed by atoms with Crippen molar-refractivity contribution in [3.8, 4) is 0 Å². The summed E-state index contributed by atoms with van der Waals surface area (Å²) in [5.41, 5.74) is 5.97. The Labute approximate surface area is 115 Å². The van der Waals surface area contributed by atoms with Gasteiger partial charge in [0.1, 0.15) is 5.82 Å². The minimum absolute atomic E-state index is 0.179. The van der Waals surface area contributed by atoms with Gasteiger partial charge in [0.05, 0.1) is 10.0 Å². The molecule has 0 radical (unpaired) electrons. The minimum atomic E-state index is -0.451. The van der Waals surface area contributed by atoms with Crippen LogP contribution in [0.25, 0.3) is 0 Å². The fourth-order valence-electron chi connectivity index (χ4n) is 1.53. The normalized spacial score (nSPS) is 11.4. The molecular weight excluding hydrogens is 299 g/mol. The Hall–Kier alpha value is -0.940. The van der Waals surface area contributed by atoms with Gasteiger partial charge < -0.3 is 11.1 Å². The van der Waals surface area contributed by atoms with Crippen molar-refractivity contribution in [2.45, 2.75) is 32.2 Å². The molecule has 0 bridgehead atoms. The fourth-order valence-corrected chi connectivity index (χ4v) is 1.98. The molecule has 3 N–H and O–H groups in total. The van der Waals surface area contributed by atoms with Gasteiger partial charge in [-0.2, -0.15) is 0 Å². The maximum atomic E-state index is 13.3. The molecule has 0 atom stereocenters. The van der Waals surface area contributed by atoms with E-state index in [9.17, 15) is 9.18 Å². The first-order valence-corrected chi connectivity index (χ1v) is 6.74. The van der Waals surface area contributed by atoms with Gasteiger partial charge in [-0.25, -0.2) is 4.39 Å². The lowest BCUT2D eigenvalue weighted by Crippen LogP contribution is -2.49. The number of carbonyl (C=O) groups is 1. The molecule has 0 unspecified atom stereocenters. The van der Waals surface area contributed by atoms with Crippen molar-refractivity contribution in [2.24, 2.45) is 5.73 Å². The van der Waals surface area contributed by atoms with E-state index in [1.165, 1.54) is 12.1 Å². The number of nitrogens with one attached hydrogen (secondary N) is 1. The van der Waals surface area contributed by atoms with Crippen LogP contribution in [0.5, 0.6) is 0 Å². The van der Waals surface area contributed by atoms with Gasteiger partial charge in [0, 0.05) is 12.1 Å². The van der Waals surface area contributed by atoms with E-state index in [1.807, 2.05) is 13.8 Å². The first-order valence-electron chi connectivity index (χ1n) is 5.94. The molecule has 5 heteroatoms. The molecular formula is C13H18BrFN2O. The Bertz CT molecular complexity index is 433. The lowest BCUT2D eigenvalue weighted by Gasteiger charge is -2.26. The average Bonchev–Trinajstić information content (AvgIpc) is 2.39. The van der Waals surface area contributed by atoms with Crippen LogP contribution in [-0.4, -0.2) is 18.0 Å². The Kier molecular flexibility index (Phi) is 5.28. The SMILES string of the molecule is CCC(N)(CC)CNC(=O)c1cccc(F)c1Br. The van der Waals surface area contributed by atoms with Crippen molar-refractivity contribution in [3.05, 3.63) is 34.1 Å². The van der Waals surface area contributed by atoms with Crippen LogP contribution in [0.15, 0.2) is 22.7 Å². The summed E-state index contributed by atoms with van der Waals surface area (Å²) < 4.78 is 13.5. The highest BCUT2D eigenvalue weighted by atomic mass is 79.9. The van der Waals surface area contributed by atoms with E-state index in [2.05, 4.69) is 21.2 Å². The number of hydrogen-bond donors (Lipinski definition) is 2. The van der Waals surface area contributed by atoms with Crippen molar-refractivity contribution in [1.29, 1.82) is 0 Å². The highest BCUT2D eigenvalue weighted by Crippen LogP contribution is 2.20. The molecule has 1 rings (SSSR count). The number of benzene rings is 1. The van der Waals surface area contributed by atoms with Gasteiger partial charge in [0.25, 0.3) is 5.91 Å². The summed E-state index contributed by atoms with van der Waals surface area (Å²) >= 11 is 3.07. The van der Waals surface area contributed by atoms with Crippen molar-refractivity contribution in [3.63, 3.8) is 0 Å². The van der Waals surface area contributed by atoms with E-state index < -0.39 is 11.4 Å². The zero-order valence-corrected chi connectivity index (χ0v) is 12.2. The van der Waals surface area contributed by atoms with E-state index >= 15 is 0 Å². The zero-order valence-electron chi connectivity index (χ0n) is 10.6. The predicted octanol–water partition coefficient (Wildman–Crippen LogP) is 2.84. The molecule has 1 aromatic rings. The smallest absolute Gasteiger partial charge is 0.252 e. The summed E-state index contributed by atoms with van der Waals surface area (Å²) in [6.07, 6.45) is 1.54. The molecule has 0 spiro atoms. The molecule has 0 aliphatic rings. The van der Waals surface area contributed by atoms with Crippen LogP contribution in [-0.2, 0) is 0 Å². The Morgan fingerprint density at radius 2 is 2.06 bits per heavy atom. The van der Waals surface area contributed by atoms with Crippen molar-refractivity contribution in [2.75, 3.05) is 6.54 Å². The molecule has 1 aromatic carbocycles. The van der Waals surface area contributed by atoms with Crippen LogP contribution in [0.3, 0.4) is 0 Å². The highest BCUT2D eigenvalue weighted by Gasteiger charge is 2.22. The molecule has 0 saturated carbocycles. The molecule has 0 heterocycles. The number of carbonyl (C=O) groups excluding carboxylic acids is 1. The lowest BCUT2D eigenvalue weighted by atomic mass is 9.94. The van der Waals surface area contributed by atoms with Crippen molar-refractivity contribution in [1.82, 2.24) is 5.32 Å². The lowest BCUT2D eigenvalue weighted by molar-refractivity contribution is 0.0941. The number of hydrogen-bond acceptors (Lipinski definition) is 2. The third kappa shape index (κ3) is 3.53. The average molecular weight is 317 g/mol. The third-order valence-corrected chi connectivity index (χ3v) is 4.01. The van der Waals surface area contributed by atoms with E-state index in [1.54, 1.807) is 6.07 Å². The summed E-state index contributed by atoms with van der Waals surface area (Å²) in [4.78, 5) is 11.9. The Morgan fingerprint density at radius 1 is 1.44 bits per heavy atom. The second kappa shape index (κ2) is 6.29. The number of amides is 1. The summed E-state index contributed by atoms with van der Waals surface area (Å²) in [7, 11) is 0.